The summed E-state index contributed by atoms with van der Waals surface area (Å²) in [6, 6.07) is 2.26. The lowest BCUT2D eigenvalue weighted by atomic mass is 10.4. The molecule has 0 bridgehead atoms. The predicted octanol–water partition coefficient (Wildman–Crippen LogP) is 3.01. The van der Waals surface area contributed by atoms with Crippen LogP contribution in [0.3, 0.4) is 0 Å². The Balaban J connectivity index is 1.72. The third-order valence-corrected chi connectivity index (χ3v) is 4.88. The van der Waals surface area contributed by atoms with Crippen molar-refractivity contribution in [2.75, 3.05) is 4.90 Å². The van der Waals surface area contributed by atoms with Gasteiger partial charge in [0.2, 0.25) is 11.0 Å². The summed E-state index contributed by atoms with van der Waals surface area (Å²) in [5.41, 5.74) is -1.05. The van der Waals surface area contributed by atoms with Crippen molar-refractivity contribution in [3.8, 4) is 0 Å². The van der Waals surface area contributed by atoms with Crippen LogP contribution in [0, 0.1) is 0 Å². The molecule has 0 saturated heterocycles. The molecular weight excluding hydrogens is 351 g/mol. The van der Waals surface area contributed by atoms with E-state index in [4.69, 9.17) is 0 Å². The molecule has 0 atom stereocenters. The van der Waals surface area contributed by atoms with Gasteiger partial charge in [0.1, 0.15) is 5.03 Å². The normalized spacial score (nSPS) is 14.8. The van der Waals surface area contributed by atoms with E-state index in [9.17, 15) is 18.0 Å². The maximum Gasteiger partial charge on any atom is 0.435 e. The van der Waals surface area contributed by atoms with Crippen molar-refractivity contribution in [2.45, 2.75) is 41.3 Å². The van der Waals surface area contributed by atoms with Crippen LogP contribution in [0.25, 0.3) is 0 Å². The minimum Gasteiger partial charge on any atom is -0.284 e. The number of aromatic nitrogens is 4. The fraction of sp³-hybridized carbons (Fsp3) is 0.417. The van der Waals surface area contributed by atoms with Crippen molar-refractivity contribution in [3.05, 3.63) is 17.8 Å². The summed E-state index contributed by atoms with van der Waals surface area (Å²) in [7, 11) is 0. The first-order valence-electron chi connectivity index (χ1n) is 6.56. The molecule has 2 aromatic heterocycles. The van der Waals surface area contributed by atoms with Crippen LogP contribution in [0.2, 0.25) is 0 Å². The topological polar surface area (TPSA) is 71.9 Å². The summed E-state index contributed by atoms with van der Waals surface area (Å²) < 4.78 is 37.8. The highest BCUT2D eigenvalue weighted by molar-refractivity contribution is 8.01. The molecular formula is C12H10F3N5OS2. The zero-order valence-electron chi connectivity index (χ0n) is 11.7. The van der Waals surface area contributed by atoms with Gasteiger partial charge in [-0.2, -0.15) is 13.2 Å². The third kappa shape index (κ3) is 3.78. The minimum atomic E-state index is -4.52. The molecule has 1 fully saturated rings. The number of halogens is 3. The molecule has 6 nitrogen and oxygen atoms in total. The van der Waals surface area contributed by atoms with Crippen LogP contribution in [0.4, 0.5) is 18.3 Å². The molecule has 0 unspecified atom stereocenters. The van der Waals surface area contributed by atoms with Crippen molar-refractivity contribution in [1.82, 2.24) is 20.4 Å². The smallest absolute Gasteiger partial charge is 0.284 e. The first-order valence-corrected chi connectivity index (χ1v) is 8.20. The summed E-state index contributed by atoms with van der Waals surface area (Å²) in [4.78, 5) is 13.3. The first-order chi connectivity index (χ1) is 10.8. The van der Waals surface area contributed by atoms with Crippen LogP contribution in [-0.2, 0) is 11.0 Å². The standard InChI is InChI=1S/C12H10F3N5OS2/c1-6(21)20(7-2-3-7)10-18-19-11(23-10)22-9-5-4-8(16-17-9)12(13,14)15/h4-5,7H,2-3H2,1H3. The largest absolute Gasteiger partial charge is 0.435 e. The van der Waals surface area contributed by atoms with Gasteiger partial charge in [-0.05, 0) is 36.7 Å². The van der Waals surface area contributed by atoms with E-state index in [1.165, 1.54) is 24.3 Å². The Kier molecular flexibility index (Phi) is 4.23. The van der Waals surface area contributed by atoms with E-state index >= 15 is 0 Å². The molecule has 1 aliphatic carbocycles. The van der Waals surface area contributed by atoms with Gasteiger partial charge < -0.3 is 0 Å². The molecule has 0 N–H and O–H groups in total. The molecule has 3 rings (SSSR count). The highest BCUT2D eigenvalue weighted by atomic mass is 32.2. The lowest BCUT2D eigenvalue weighted by molar-refractivity contribution is -0.141. The second-order valence-corrected chi connectivity index (χ2v) is 7.05. The summed E-state index contributed by atoms with van der Waals surface area (Å²) in [6.45, 7) is 1.47. The SMILES string of the molecule is CC(=O)N(c1nnc(Sc2ccc(C(F)(F)F)nn2)s1)C1CC1. The van der Waals surface area contributed by atoms with Crippen LogP contribution in [0.15, 0.2) is 21.5 Å². The number of amides is 1. The quantitative estimate of drug-likeness (QED) is 0.780. The number of rotatable bonds is 4. The second kappa shape index (κ2) is 6.04. The van der Waals surface area contributed by atoms with Crippen LogP contribution in [0.5, 0.6) is 0 Å². The summed E-state index contributed by atoms with van der Waals surface area (Å²) in [6.07, 6.45) is -2.64. The van der Waals surface area contributed by atoms with Crippen LogP contribution < -0.4 is 4.90 Å². The Bertz CT molecular complexity index is 714. The summed E-state index contributed by atoms with van der Waals surface area (Å²) >= 11 is 2.25. The second-order valence-electron chi connectivity index (χ2n) is 4.83. The van der Waals surface area contributed by atoms with E-state index in [1.54, 1.807) is 4.90 Å². The number of nitrogens with zero attached hydrogens (tertiary/aromatic N) is 5. The van der Waals surface area contributed by atoms with Gasteiger partial charge in [-0.3, -0.25) is 9.69 Å². The van der Waals surface area contributed by atoms with E-state index < -0.39 is 11.9 Å². The van der Waals surface area contributed by atoms with Gasteiger partial charge >= 0.3 is 6.18 Å². The number of hydrogen-bond acceptors (Lipinski definition) is 7. The van der Waals surface area contributed by atoms with Gasteiger partial charge in [0.15, 0.2) is 10.0 Å². The maximum absolute atomic E-state index is 12.4. The highest BCUT2D eigenvalue weighted by Crippen LogP contribution is 2.37. The fourth-order valence-electron chi connectivity index (χ4n) is 1.84. The zero-order valence-corrected chi connectivity index (χ0v) is 13.4. The number of carbonyl (C=O) groups is 1. The van der Waals surface area contributed by atoms with Crippen molar-refractivity contribution in [2.24, 2.45) is 0 Å². The summed E-state index contributed by atoms with van der Waals surface area (Å²) in [5, 5.41) is 15.4. The molecule has 23 heavy (non-hydrogen) atoms. The lowest BCUT2D eigenvalue weighted by Crippen LogP contribution is -2.30. The molecule has 0 aliphatic heterocycles. The zero-order chi connectivity index (χ0) is 16.6. The Hall–Kier alpha value is -1.75. The van der Waals surface area contributed by atoms with E-state index in [2.05, 4.69) is 20.4 Å². The Morgan fingerprint density at radius 3 is 2.52 bits per heavy atom. The van der Waals surface area contributed by atoms with E-state index in [0.717, 1.165) is 30.7 Å². The number of hydrogen-bond donors (Lipinski definition) is 0. The lowest BCUT2D eigenvalue weighted by Gasteiger charge is -2.15. The number of carbonyl (C=O) groups excluding carboxylic acids is 1. The first kappa shape index (κ1) is 16.1. The Morgan fingerprint density at radius 2 is 2.00 bits per heavy atom. The van der Waals surface area contributed by atoms with Gasteiger partial charge in [0, 0.05) is 13.0 Å². The predicted molar refractivity (Wildman–Crippen MR) is 77.2 cm³/mol. The average molecular weight is 361 g/mol. The molecule has 2 aromatic rings. The van der Waals surface area contributed by atoms with Gasteiger partial charge in [-0.1, -0.05) is 11.3 Å². The molecule has 122 valence electrons. The highest BCUT2D eigenvalue weighted by Gasteiger charge is 2.34. The third-order valence-electron chi connectivity index (χ3n) is 2.98. The van der Waals surface area contributed by atoms with Gasteiger partial charge in [-0.25, -0.2) is 0 Å². The molecule has 0 spiro atoms. The average Bonchev–Trinajstić information content (AvgIpc) is 3.18. The molecule has 1 aliphatic rings. The molecule has 0 radical (unpaired) electrons. The van der Waals surface area contributed by atoms with Gasteiger partial charge in [-0.15, -0.1) is 20.4 Å². The van der Waals surface area contributed by atoms with Crippen molar-refractivity contribution in [3.63, 3.8) is 0 Å². The van der Waals surface area contributed by atoms with E-state index in [0.29, 0.717) is 9.47 Å². The molecule has 11 heteroatoms. The number of alkyl halides is 3. The summed E-state index contributed by atoms with van der Waals surface area (Å²) in [5.74, 6) is -0.102. The van der Waals surface area contributed by atoms with E-state index in [-0.39, 0.29) is 17.0 Å². The molecule has 2 heterocycles. The van der Waals surface area contributed by atoms with Crippen molar-refractivity contribution < 1.29 is 18.0 Å². The molecule has 1 amide bonds. The van der Waals surface area contributed by atoms with E-state index in [1.807, 2.05) is 0 Å². The number of anilines is 1. The van der Waals surface area contributed by atoms with Crippen LogP contribution >= 0.6 is 23.1 Å². The molecule has 0 aromatic carbocycles. The Morgan fingerprint density at radius 1 is 1.26 bits per heavy atom. The van der Waals surface area contributed by atoms with Crippen LogP contribution in [0.1, 0.15) is 25.5 Å². The minimum absolute atomic E-state index is 0.102. The van der Waals surface area contributed by atoms with Crippen LogP contribution in [-0.4, -0.2) is 32.3 Å². The van der Waals surface area contributed by atoms with Crippen molar-refractivity contribution in [1.29, 1.82) is 0 Å². The van der Waals surface area contributed by atoms with Gasteiger partial charge in [0.25, 0.3) is 0 Å². The molecule has 1 saturated carbocycles. The van der Waals surface area contributed by atoms with Crippen molar-refractivity contribution >= 4 is 34.1 Å². The monoisotopic (exact) mass is 361 g/mol. The maximum atomic E-state index is 12.4. The van der Waals surface area contributed by atoms with Gasteiger partial charge in [0.05, 0.1) is 0 Å². The fourth-order valence-corrected chi connectivity index (χ4v) is 3.66. The Labute approximate surface area is 137 Å².